The number of benzene rings is 2. The van der Waals surface area contributed by atoms with E-state index in [-0.39, 0.29) is 19.6 Å². The maximum atomic E-state index is 12.5. The number of nitrogens with one attached hydrogen (secondary N) is 1. The molecule has 2 aromatic carbocycles. The van der Waals surface area contributed by atoms with E-state index in [1.54, 1.807) is 42.5 Å². The Labute approximate surface area is 172 Å². The average molecular weight is 418 g/mol. The maximum Gasteiger partial charge on any atom is 0.316 e. The lowest BCUT2D eigenvalue weighted by Crippen LogP contribution is -2.56. The molecule has 3 rings (SSSR count). The number of anilines is 2. The second-order valence-electron chi connectivity index (χ2n) is 6.28. The van der Waals surface area contributed by atoms with Gasteiger partial charge in [-0.2, -0.15) is 0 Å². The molecule has 1 aliphatic heterocycles. The normalized spacial score (nSPS) is 14.0. The van der Waals surface area contributed by atoms with E-state index in [0.29, 0.717) is 27.9 Å². The molecule has 8 nitrogen and oxygen atoms in total. The van der Waals surface area contributed by atoms with Crippen LogP contribution >= 0.6 is 11.6 Å². The van der Waals surface area contributed by atoms with Crippen LogP contribution in [0, 0.1) is 0 Å². The number of carbonyl (C=O) groups excluding carboxylic acids is 3. The van der Waals surface area contributed by atoms with E-state index in [1.165, 1.54) is 24.0 Å². The second kappa shape index (κ2) is 8.83. The molecule has 0 radical (unpaired) electrons. The molecule has 2 aromatic rings. The first kappa shape index (κ1) is 20.5. The molecule has 3 amide bonds. The van der Waals surface area contributed by atoms with Gasteiger partial charge in [0.05, 0.1) is 19.9 Å². The van der Waals surface area contributed by atoms with Gasteiger partial charge in [-0.25, -0.2) is 0 Å². The number of rotatable bonds is 6. The number of halogens is 1. The van der Waals surface area contributed by atoms with Crippen molar-refractivity contribution in [3.05, 3.63) is 47.5 Å². The molecule has 1 saturated heterocycles. The molecule has 0 atom stereocenters. The highest BCUT2D eigenvalue weighted by atomic mass is 35.5. The van der Waals surface area contributed by atoms with Gasteiger partial charge in [0, 0.05) is 29.9 Å². The molecule has 1 heterocycles. The summed E-state index contributed by atoms with van der Waals surface area (Å²) in [6, 6.07) is 11.7. The van der Waals surface area contributed by atoms with Crippen molar-refractivity contribution in [3.8, 4) is 11.5 Å². The van der Waals surface area contributed by atoms with Crippen molar-refractivity contribution in [2.24, 2.45) is 0 Å². The molecule has 1 fully saturated rings. The number of methoxy groups -OCH3 is 2. The summed E-state index contributed by atoms with van der Waals surface area (Å²) in [6.07, 6.45) is 0. The Bertz CT molecular complexity index is 949. The molecular formula is C20H20ClN3O5. The standard InChI is InChI=1S/C20H20ClN3O5/c1-28-15-6-7-16(17(11-15)29-2)22-18(25)12-23-8-9-24(20(27)19(23)26)14-5-3-4-13(21)10-14/h3-7,10-11H,8-9,12H2,1-2H3,(H,22,25). The summed E-state index contributed by atoms with van der Waals surface area (Å²) in [6.45, 7) is 0.247. The summed E-state index contributed by atoms with van der Waals surface area (Å²) >= 11 is 5.96. The van der Waals surface area contributed by atoms with E-state index < -0.39 is 17.7 Å². The minimum absolute atomic E-state index is 0.226. The molecule has 0 unspecified atom stereocenters. The summed E-state index contributed by atoms with van der Waals surface area (Å²) in [5.74, 6) is -0.879. The van der Waals surface area contributed by atoms with Gasteiger partial charge in [0.25, 0.3) is 0 Å². The van der Waals surface area contributed by atoms with Crippen molar-refractivity contribution in [3.63, 3.8) is 0 Å². The van der Waals surface area contributed by atoms with Crippen LogP contribution in [0.2, 0.25) is 5.02 Å². The van der Waals surface area contributed by atoms with Crippen molar-refractivity contribution in [2.45, 2.75) is 0 Å². The lowest BCUT2D eigenvalue weighted by atomic mass is 10.2. The second-order valence-corrected chi connectivity index (χ2v) is 6.71. The highest BCUT2D eigenvalue weighted by Crippen LogP contribution is 2.29. The zero-order valence-electron chi connectivity index (χ0n) is 16.0. The molecule has 1 N–H and O–H groups in total. The van der Waals surface area contributed by atoms with E-state index >= 15 is 0 Å². The quantitative estimate of drug-likeness (QED) is 0.728. The fraction of sp³-hybridized carbons (Fsp3) is 0.250. The van der Waals surface area contributed by atoms with Gasteiger partial charge in [-0.3, -0.25) is 14.4 Å². The van der Waals surface area contributed by atoms with Crippen LogP contribution in [0.4, 0.5) is 11.4 Å². The summed E-state index contributed by atoms with van der Waals surface area (Å²) in [7, 11) is 3.00. The van der Waals surface area contributed by atoms with E-state index in [1.807, 2.05) is 0 Å². The molecular weight excluding hydrogens is 398 g/mol. The number of carbonyl (C=O) groups is 3. The lowest BCUT2D eigenvalue weighted by molar-refractivity contribution is -0.147. The first-order valence-electron chi connectivity index (χ1n) is 8.81. The zero-order valence-corrected chi connectivity index (χ0v) is 16.7. The van der Waals surface area contributed by atoms with Gasteiger partial charge >= 0.3 is 11.8 Å². The van der Waals surface area contributed by atoms with Crippen LogP contribution in [-0.4, -0.2) is 56.5 Å². The number of amides is 3. The fourth-order valence-electron chi connectivity index (χ4n) is 2.98. The number of nitrogens with zero attached hydrogens (tertiary/aromatic N) is 2. The molecule has 1 aliphatic rings. The Morgan fingerprint density at radius 2 is 1.86 bits per heavy atom. The molecule has 0 aliphatic carbocycles. The SMILES string of the molecule is COc1ccc(NC(=O)CN2CCN(c3cccc(Cl)c3)C(=O)C2=O)c(OC)c1. The van der Waals surface area contributed by atoms with Crippen LogP contribution in [0.5, 0.6) is 11.5 Å². The van der Waals surface area contributed by atoms with Crippen molar-refractivity contribution < 1.29 is 23.9 Å². The average Bonchev–Trinajstić information content (AvgIpc) is 2.71. The third kappa shape index (κ3) is 4.60. The molecule has 152 valence electrons. The third-order valence-electron chi connectivity index (χ3n) is 4.45. The maximum absolute atomic E-state index is 12.5. The van der Waals surface area contributed by atoms with Crippen molar-refractivity contribution in [1.82, 2.24) is 4.90 Å². The highest BCUT2D eigenvalue weighted by Gasteiger charge is 2.34. The summed E-state index contributed by atoms with van der Waals surface area (Å²) < 4.78 is 10.4. The number of hydrogen-bond donors (Lipinski definition) is 1. The van der Waals surface area contributed by atoms with Crippen LogP contribution in [-0.2, 0) is 14.4 Å². The smallest absolute Gasteiger partial charge is 0.316 e. The van der Waals surface area contributed by atoms with Crippen LogP contribution in [0.3, 0.4) is 0 Å². The number of piperazine rings is 1. The van der Waals surface area contributed by atoms with Gasteiger partial charge in [-0.1, -0.05) is 17.7 Å². The summed E-state index contributed by atoms with van der Waals surface area (Å²) in [5, 5.41) is 3.16. The van der Waals surface area contributed by atoms with Crippen LogP contribution in [0.25, 0.3) is 0 Å². The first-order valence-corrected chi connectivity index (χ1v) is 9.19. The van der Waals surface area contributed by atoms with Crippen molar-refractivity contribution in [2.75, 3.05) is 44.1 Å². The fourth-order valence-corrected chi connectivity index (χ4v) is 3.17. The molecule has 9 heteroatoms. The Balaban J connectivity index is 1.65. The van der Waals surface area contributed by atoms with E-state index in [9.17, 15) is 14.4 Å². The number of hydrogen-bond acceptors (Lipinski definition) is 5. The minimum atomic E-state index is -0.743. The Morgan fingerprint density at radius 1 is 1.07 bits per heavy atom. The van der Waals surface area contributed by atoms with Gasteiger partial charge in [-0.15, -0.1) is 0 Å². The van der Waals surface area contributed by atoms with Crippen LogP contribution < -0.4 is 19.7 Å². The topological polar surface area (TPSA) is 88.2 Å². The van der Waals surface area contributed by atoms with Gasteiger partial charge in [-0.05, 0) is 30.3 Å². The Kier molecular flexibility index (Phi) is 6.23. The molecule has 29 heavy (non-hydrogen) atoms. The molecule has 0 aromatic heterocycles. The van der Waals surface area contributed by atoms with Gasteiger partial charge < -0.3 is 24.6 Å². The van der Waals surface area contributed by atoms with Gasteiger partial charge in [0.15, 0.2) is 0 Å². The minimum Gasteiger partial charge on any atom is -0.497 e. The number of ether oxygens (including phenoxy) is 2. The van der Waals surface area contributed by atoms with Gasteiger partial charge in [0.1, 0.15) is 18.0 Å². The van der Waals surface area contributed by atoms with Crippen LogP contribution in [0.15, 0.2) is 42.5 Å². The van der Waals surface area contributed by atoms with Gasteiger partial charge in [0.2, 0.25) is 5.91 Å². The molecule has 0 spiro atoms. The summed E-state index contributed by atoms with van der Waals surface area (Å²) in [4.78, 5) is 39.9. The largest absolute Gasteiger partial charge is 0.497 e. The molecule has 0 saturated carbocycles. The monoisotopic (exact) mass is 417 g/mol. The summed E-state index contributed by atoms with van der Waals surface area (Å²) in [5.41, 5.74) is 0.984. The zero-order chi connectivity index (χ0) is 21.0. The van der Waals surface area contributed by atoms with Crippen molar-refractivity contribution in [1.29, 1.82) is 0 Å². The van der Waals surface area contributed by atoms with Crippen molar-refractivity contribution >= 4 is 40.7 Å². The first-order chi connectivity index (χ1) is 13.9. The predicted octanol–water partition coefficient (Wildman–Crippen LogP) is 2.17. The van der Waals surface area contributed by atoms with E-state index in [4.69, 9.17) is 21.1 Å². The third-order valence-corrected chi connectivity index (χ3v) is 4.68. The Morgan fingerprint density at radius 3 is 2.55 bits per heavy atom. The lowest BCUT2D eigenvalue weighted by Gasteiger charge is -2.33. The van der Waals surface area contributed by atoms with E-state index in [0.717, 1.165) is 0 Å². The predicted molar refractivity (Wildman–Crippen MR) is 109 cm³/mol. The van der Waals surface area contributed by atoms with Crippen LogP contribution in [0.1, 0.15) is 0 Å². The highest BCUT2D eigenvalue weighted by molar-refractivity contribution is 6.41. The Hall–Kier alpha value is -3.26. The molecule has 0 bridgehead atoms. The van der Waals surface area contributed by atoms with E-state index in [2.05, 4.69) is 5.32 Å².